The van der Waals surface area contributed by atoms with E-state index >= 15 is 0 Å². The molecule has 2 aromatic rings. The first-order valence-corrected chi connectivity index (χ1v) is 5.88. The van der Waals surface area contributed by atoms with E-state index in [1.165, 1.54) is 19.5 Å². The molecule has 19 heavy (non-hydrogen) atoms. The lowest BCUT2D eigenvalue weighted by atomic mass is 9.92. The van der Waals surface area contributed by atoms with E-state index < -0.39 is 0 Å². The molecule has 6 nitrogen and oxygen atoms in total. The lowest BCUT2D eigenvalue weighted by molar-refractivity contribution is 0.397. The van der Waals surface area contributed by atoms with E-state index in [1.54, 1.807) is 6.07 Å². The zero-order valence-electron chi connectivity index (χ0n) is 11.4. The lowest BCUT2D eigenvalue weighted by Crippen LogP contribution is -2.20. The monoisotopic (exact) mass is 260 g/mol. The lowest BCUT2D eigenvalue weighted by Gasteiger charge is -2.17. The van der Waals surface area contributed by atoms with Crippen molar-refractivity contribution in [2.24, 2.45) is 0 Å². The summed E-state index contributed by atoms with van der Waals surface area (Å²) in [6.45, 7) is 6.00. The van der Waals surface area contributed by atoms with Gasteiger partial charge in [-0.15, -0.1) is 0 Å². The van der Waals surface area contributed by atoms with Crippen LogP contribution < -0.4 is 10.3 Å². The predicted octanol–water partition coefficient (Wildman–Crippen LogP) is 1.53. The first kappa shape index (κ1) is 13.2. The average Bonchev–Trinajstić information content (AvgIpc) is 2.37. The highest BCUT2D eigenvalue weighted by Crippen LogP contribution is 2.21. The number of nitrogens with one attached hydrogen (secondary N) is 1. The normalized spacial score (nSPS) is 11.4. The van der Waals surface area contributed by atoms with Gasteiger partial charge in [-0.25, -0.2) is 15.0 Å². The van der Waals surface area contributed by atoms with Gasteiger partial charge in [-0.1, -0.05) is 20.8 Å². The molecule has 0 aromatic carbocycles. The number of hydrogen-bond donors (Lipinski definition) is 1. The molecule has 100 valence electrons. The van der Waals surface area contributed by atoms with E-state index in [0.717, 1.165) is 0 Å². The fourth-order valence-corrected chi connectivity index (χ4v) is 1.54. The van der Waals surface area contributed by atoms with Crippen molar-refractivity contribution < 1.29 is 4.74 Å². The van der Waals surface area contributed by atoms with E-state index in [9.17, 15) is 4.79 Å². The zero-order valence-corrected chi connectivity index (χ0v) is 11.4. The molecule has 2 heterocycles. The van der Waals surface area contributed by atoms with Crippen molar-refractivity contribution in [3.8, 4) is 17.4 Å². The topological polar surface area (TPSA) is 80.8 Å². The molecule has 0 saturated carbocycles. The van der Waals surface area contributed by atoms with E-state index in [1.807, 2.05) is 20.8 Å². The van der Waals surface area contributed by atoms with Gasteiger partial charge in [-0.2, -0.15) is 0 Å². The highest BCUT2D eigenvalue weighted by atomic mass is 16.5. The average molecular weight is 260 g/mol. The van der Waals surface area contributed by atoms with E-state index in [4.69, 9.17) is 4.74 Å². The summed E-state index contributed by atoms with van der Waals surface area (Å²) in [5, 5.41) is 0. The smallest absolute Gasteiger partial charge is 0.251 e. The van der Waals surface area contributed by atoms with Crippen molar-refractivity contribution in [1.82, 2.24) is 19.9 Å². The van der Waals surface area contributed by atoms with E-state index in [0.29, 0.717) is 23.1 Å². The van der Waals surface area contributed by atoms with E-state index in [2.05, 4.69) is 19.9 Å². The molecule has 1 N–H and O–H groups in total. The van der Waals surface area contributed by atoms with Crippen LogP contribution in [0.25, 0.3) is 11.5 Å². The van der Waals surface area contributed by atoms with Crippen LogP contribution in [0.15, 0.2) is 23.3 Å². The van der Waals surface area contributed by atoms with Gasteiger partial charge in [-0.05, 0) is 0 Å². The molecule has 0 atom stereocenters. The first-order valence-electron chi connectivity index (χ1n) is 5.88. The fourth-order valence-electron chi connectivity index (χ4n) is 1.54. The van der Waals surface area contributed by atoms with Gasteiger partial charge in [0.25, 0.3) is 5.56 Å². The minimum absolute atomic E-state index is 0.201. The van der Waals surface area contributed by atoms with Gasteiger partial charge in [0.05, 0.1) is 12.8 Å². The molecule has 0 amide bonds. The summed E-state index contributed by atoms with van der Waals surface area (Å²) in [6.07, 6.45) is 1.37. The van der Waals surface area contributed by atoms with Crippen LogP contribution in [0.3, 0.4) is 0 Å². The molecule has 0 aliphatic carbocycles. The molecular weight excluding hydrogens is 244 g/mol. The van der Waals surface area contributed by atoms with Gasteiger partial charge in [0.15, 0.2) is 5.82 Å². The molecule has 0 fully saturated rings. The van der Waals surface area contributed by atoms with Crippen molar-refractivity contribution in [2.45, 2.75) is 26.2 Å². The second-order valence-electron chi connectivity index (χ2n) is 5.17. The van der Waals surface area contributed by atoms with Crippen LogP contribution in [0.2, 0.25) is 0 Å². The fraction of sp³-hybridized carbons (Fsp3) is 0.385. The number of methoxy groups -OCH3 is 1. The van der Waals surface area contributed by atoms with Crippen LogP contribution >= 0.6 is 0 Å². The Morgan fingerprint density at radius 3 is 2.58 bits per heavy atom. The highest BCUT2D eigenvalue weighted by molar-refractivity contribution is 5.50. The molecule has 0 radical (unpaired) electrons. The van der Waals surface area contributed by atoms with Gasteiger partial charge in [0, 0.05) is 17.5 Å². The maximum absolute atomic E-state index is 11.7. The number of H-pyrrole nitrogens is 1. The number of hydrogen-bond acceptors (Lipinski definition) is 5. The molecule has 0 aliphatic heterocycles. The Labute approximate surface area is 110 Å². The minimum atomic E-state index is -0.208. The Morgan fingerprint density at radius 1 is 1.21 bits per heavy atom. The third-order valence-electron chi connectivity index (χ3n) is 2.60. The van der Waals surface area contributed by atoms with Crippen molar-refractivity contribution >= 4 is 0 Å². The standard InChI is InChI=1S/C13H16N4O2/c1-13(2,3)9-6-10(18)17-12(16-9)8-5-11(19-4)15-7-14-8/h5-7H,1-4H3,(H,16,17,18). The van der Waals surface area contributed by atoms with Gasteiger partial charge in [0.1, 0.15) is 12.0 Å². The van der Waals surface area contributed by atoms with Crippen LogP contribution in [-0.2, 0) is 5.41 Å². The number of rotatable bonds is 2. The molecule has 0 aliphatic rings. The largest absolute Gasteiger partial charge is 0.481 e. The summed E-state index contributed by atoms with van der Waals surface area (Å²) in [5.41, 5.74) is 0.825. The van der Waals surface area contributed by atoms with Crippen LogP contribution in [0.1, 0.15) is 26.5 Å². The van der Waals surface area contributed by atoms with Gasteiger partial charge < -0.3 is 9.72 Å². The third kappa shape index (κ3) is 2.96. The second-order valence-corrected chi connectivity index (χ2v) is 5.17. The van der Waals surface area contributed by atoms with Crippen LogP contribution in [0.5, 0.6) is 5.88 Å². The summed E-state index contributed by atoms with van der Waals surface area (Å²) >= 11 is 0. The molecule has 2 rings (SSSR count). The van der Waals surface area contributed by atoms with E-state index in [-0.39, 0.29) is 11.0 Å². The molecular formula is C13H16N4O2. The maximum atomic E-state index is 11.7. The van der Waals surface area contributed by atoms with Crippen molar-refractivity contribution in [3.63, 3.8) is 0 Å². The zero-order chi connectivity index (χ0) is 14.0. The Balaban J connectivity index is 2.56. The number of ether oxygens (including phenoxy) is 1. The minimum Gasteiger partial charge on any atom is -0.481 e. The molecule has 0 saturated heterocycles. The third-order valence-corrected chi connectivity index (χ3v) is 2.60. The van der Waals surface area contributed by atoms with Crippen LogP contribution in [0.4, 0.5) is 0 Å². The van der Waals surface area contributed by atoms with Crippen molar-refractivity contribution in [2.75, 3.05) is 7.11 Å². The summed E-state index contributed by atoms with van der Waals surface area (Å²) < 4.78 is 5.03. The molecule has 0 unspecified atom stereocenters. The van der Waals surface area contributed by atoms with Crippen LogP contribution in [-0.4, -0.2) is 27.0 Å². The Kier molecular flexibility index (Phi) is 3.33. The molecule has 6 heteroatoms. The van der Waals surface area contributed by atoms with Gasteiger partial charge in [-0.3, -0.25) is 4.79 Å². The Hall–Kier alpha value is -2.24. The summed E-state index contributed by atoms with van der Waals surface area (Å²) in [4.78, 5) is 26.9. The molecule has 0 spiro atoms. The maximum Gasteiger partial charge on any atom is 0.251 e. The second kappa shape index (κ2) is 4.79. The number of aromatic amines is 1. The van der Waals surface area contributed by atoms with Gasteiger partial charge >= 0.3 is 0 Å². The number of aromatic nitrogens is 4. The predicted molar refractivity (Wildman–Crippen MR) is 71.1 cm³/mol. The first-order chi connectivity index (χ1) is 8.90. The number of nitrogens with zero attached hydrogens (tertiary/aromatic N) is 3. The van der Waals surface area contributed by atoms with Crippen molar-refractivity contribution in [1.29, 1.82) is 0 Å². The summed E-state index contributed by atoms with van der Waals surface area (Å²) in [6, 6.07) is 3.13. The Bertz CT molecular complexity index is 644. The summed E-state index contributed by atoms with van der Waals surface area (Å²) in [7, 11) is 1.52. The highest BCUT2D eigenvalue weighted by Gasteiger charge is 2.18. The quantitative estimate of drug-likeness (QED) is 0.885. The molecule has 0 bridgehead atoms. The van der Waals surface area contributed by atoms with Crippen LogP contribution in [0, 0.1) is 0 Å². The summed E-state index contributed by atoms with van der Waals surface area (Å²) in [5.74, 6) is 0.840. The molecule has 2 aromatic heterocycles. The van der Waals surface area contributed by atoms with Gasteiger partial charge in [0.2, 0.25) is 5.88 Å². The SMILES string of the molecule is COc1cc(-c2nc(C(C)(C)C)cc(=O)[nH]2)ncn1. The Morgan fingerprint density at radius 2 is 1.95 bits per heavy atom. The van der Waals surface area contributed by atoms with Crippen molar-refractivity contribution in [3.05, 3.63) is 34.5 Å².